The van der Waals surface area contributed by atoms with E-state index >= 15 is 0 Å². The number of aromatic amines is 1. The van der Waals surface area contributed by atoms with Crippen LogP contribution in [0, 0.1) is 17.6 Å². The number of H-pyrrole nitrogens is 1. The average molecular weight is 372 g/mol. The van der Waals surface area contributed by atoms with Gasteiger partial charge < -0.3 is 0 Å². The molecule has 5 heterocycles. The van der Waals surface area contributed by atoms with Crippen molar-refractivity contribution in [1.82, 2.24) is 20.0 Å². The predicted octanol–water partition coefficient (Wildman–Crippen LogP) is 3.31. The topological polar surface area (TPSA) is 35.2 Å². The van der Waals surface area contributed by atoms with Gasteiger partial charge in [0.05, 0.1) is 5.69 Å². The number of aryl methyl sites for hydroxylation is 1. The lowest BCUT2D eigenvalue weighted by molar-refractivity contribution is -0.00917. The van der Waals surface area contributed by atoms with Gasteiger partial charge in [0.1, 0.15) is 0 Å². The summed E-state index contributed by atoms with van der Waals surface area (Å²) < 4.78 is 28.5. The quantitative estimate of drug-likeness (QED) is 0.894. The third-order valence-corrected chi connectivity index (χ3v) is 6.89. The zero-order valence-electron chi connectivity index (χ0n) is 15.7. The van der Waals surface area contributed by atoms with Gasteiger partial charge in [0.25, 0.3) is 0 Å². The summed E-state index contributed by atoms with van der Waals surface area (Å²) >= 11 is 0. The number of halogens is 2. The summed E-state index contributed by atoms with van der Waals surface area (Å²) in [5.41, 5.74) is 2.73. The molecule has 0 amide bonds. The molecular weight excluding hydrogens is 346 g/mol. The fraction of sp³-hybridized carbons (Fsp3) is 0.571. The molecule has 0 unspecified atom stereocenters. The van der Waals surface area contributed by atoms with Gasteiger partial charge in [-0.15, -0.1) is 0 Å². The third kappa shape index (κ3) is 2.81. The molecule has 144 valence electrons. The minimum absolute atomic E-state index is 0.0161. The Hall–Kier alpha value is -1.79. The van der Waals surface area contributed by atoms with Crippen molar-refractivity contribution in [2.45, 2.75) is 50.7 Å². The molecule has 0 spiro atoms. The summed E-state index contributed by atoms with van der Waals surface area (Å²) in [6, 6.07) is 7.46. The summed E-state index contributed by atoms with van der Waals surface area (Å²) in [5, 5.41) is 7.52. The van der Waals surface area contributed by atoms with Gasteiger partial charge >= 0.3 is 0 Å². The molecule has 4 fully saturated rings. The molecule has 3 atom stereocenters. The third-order valence-electron chi connectivity index (χ3n) is 6.89. The Labute approximate surface area is 158 Å². The number of rotatable bonds is 4. The van der Waals surface area contributed by atoms with Gasteiger partial charge in [-0.1, -0.05) is 19.1 Å². The van der Waals surface area contributed by atoms with Crippen molar-refractivity contribution in [1.29, 1.82) is 0 Å². The molecule has 1 N–H and O–H groups in total. The molecule has 27 heavy (non-hydrogen) atoms. The molecule has 4 aliphatic heterocycles. The molecular formula is C21H26F2N4. The van der Waals surface area contributed by atoms with Crippen molar-refractivity contribution in [3.05, 3.63) is 52.9 Å². The zero-order chi connectivity index (χ0) is 18.5. The molecule has 0 aliphatic carbocycles. The summed E-state index contributed by atoms with van der Waals surface area (Å²) in [5.74, 6) is -0.738. The van der Waals surface area contributed by atoms with Crippen LogP contribution in [-0.2, 0) is 13.0 Å². The first-order valence-electron chi connectivity index (χ1n) is 10.1. The van der Waals surface area contributed by atoms with Crippen LogP contribution in [0.5, 0.6) is 0 Å². The number of aromatic nitrogens is 2. The molecule has 4 nitrogen and oxygen atoms in total. The highest BCUT2D eigenvalue weighted by Crippen LogP contribution is 2.47. The molecule has 6 heteroatoms. The van der Waals surface area contributed by atoms with Crippen molar-refractivity contribution in [3.8, 4) is 0 Å². The largest absolute Gasteiger partial charge is 0.298 e. The van der Waals surface area contributed by atoms with E-state index in [1.165, 1.54) is 18.9 Å². The van der Waals surface area contributed by atoms with Gasteiger partial charge in [-0.2, -0.15) is 5.10 Å². The van der Waals surface area contributed by atoms with E-state index in [1.54, 1.807) is 12.1 Å². The number of fused-ring (bicyclic) bond motifs is 2. The molecule has 1 aromatic heterocycles. The van der Waals surface area contributed by atoms with Gasteiger partial charge in [-0.3, -0.25) is 14.9 Å². The van der Waals surface area contributed by atoms with E-state index in [1.807, 2.05) is 0 Å². The van der Waals surface area contributed by atoms with Crippen LogP contribution in [0.25, 0.3) is 0 Å². The molecule has 2 bridgehead atoms. The fourth-order valence-electron chi connectivity index (χ4n) is 5.69. The lowest BCUT2D eigenvalue weighted by Crippen LogP contribution is -2.60. The maximum Gasteiger partial charge on any atom is 0.162 e. The van der Waals surface area contributed by atoms with Crippen molar-refractivity contribution in [2.24, 2.45) is 5.92 Å². The maximum absolute atomic E-state index is 14.6. The van der Waals surface area contributed by atoms with Crippen molar-refractivity contribution < 1.29 is 8.78 Å². The summed E-state index contributed by atoms with van der Waals surface area (Å²) in [6.07, 6.45) is 3.33. The van der Waals surface area contributed by atoms with Crippen LogP contribution in [0.3, 0.4) is 0 Å². The molecule has 2 aromatic rings. The highest BCUT2D eigenvalue weighted by atomic mass is 19.2. The first kappa shape index (κ1) is 17.3. The number of likely N-dealkylation sites (tertiary alicyclic amines) is 1. The van der Waals surface area contributed by atoms with Gasteiger partial charge in [0.2, 0.25) is 0 Å². The van der Waals surface area contributed by atoms with Crippen LogP contribution < -0.4 is 0 Å². The standard InChI is InChI=1S/C21H26F2N4/c1-2-14-10-15(25-24-14)11-27-12-17(16-4-3-5-18(22)19(16)23)21-20(27)13-6-8-26(21)9-7-13/h3-5,10,13,17,20-21H,2,6-9,11-12H2,1H3,(H,24,25)/t17-,20-,21-/m1/s1. The van der Waals surface area contributed by atoms with Gasteiger partial charge in [-0.25, -0.2) is 8.78 Å². The van der Waals surface area contributed by atoms with E-state index in [4.69, 9.17) is 0 Å². The lowest BCUT2D eigenvalue weighted by Gasteiger charge is -2.51. The van der Waals surface area contributed by atoms with E-state index in [-0.39, 0.29) is 12.0 Å². The van der Waals surface area contributed by atoms with Crippen LogP contribution in [0.15, 0.2) is 24.3 Å². The average Bonchev–Trinajstić information content (AvgIpc) is 3.31. The number of hydrogen-bond donors (Lipinski definition) is 1. The summed E-state index contributed by atoms with van der Waals surface area (Å²) in [7, 11) is 0. The van der Waals surface area contributed by atoms with Gasteiger partial charge in [-0.05, 0) is 56.0 Å². The Morgan fingerprint density at radius 1 is 1.19 bits per heavy atom. The highest BCUT2D eigenvalue weighted by molar-refractivity contribution is 5.29. The highest BCUT2D eigenvalue weighted by Gasteiger charge is 2.53. The van der Waals surface area contributed by atoms with E-state index in [2.05, 4.69) is 33.0 Å². The first-order valence-corrected chi connectivity index (χ1v) is 10.1. The number of nitrogens with zero attached hydrogens (tertiary/aromatic N) is 3. The Balaban J connectivity index is 1.49. The Morgan fingerprint density at radius 2 is 2.00 bits per heavy atom. The maximum atomic E-state index is 14.6. The number of benzene rings is 1. The molecule has 4 saturated heterocycles. The fourth-order valence-corrected chi connectivity index (χ4v) is 5.69. The number of piperidine rings is 3. The second-order valence-electron chi connectivity index (χ2n) is 8.27. The van der Waals surface area contributed by atoms with Crippen LogP contribution >= 0.6 is 0 Å². The Morgan fingerprint density at radius 3 is 2.74 bits per heavy atom. The van der Waals surface area contributed by atoms with Crippen LogP contribution in [-0.4, -0.2) is 51.7 Å². The molecule has 0 saturated carbocycles. The molecule has 0 radical (unpaired) electrons. The summed E-state index contributed by atoms with van der Waals surface area (Å²) in [6.45, 7) is 5.82. The Kier molecular flexibility index (Phi) is 4.28. The monoisotopic (exact) mass is 372 g/mol. The summed E-state index contributed by atoms with van der Waals surface area (Å²) in [4.78, 5) is 5.01. The van der Waals surface area contributed by atoms with Gasteiger partial charge in [0, 0.05) is 36.8 Å². The van der Waals surface area contributed by atoms with E-state index in [0.29, 0.717) is 17.5 Å². The smallest absolute Gasteiger partial charge is 0.162 e. The first-order chi connectivity index (χ1) is 13.2. The van der Waals surface area contributed by atoms with Crippen LogP contribution in [0.1, 0.15) is 42.6 Å². The number of hydrogen-bond acceptors (Lipinski definition) is 3. The second kappa shape index (κ2) is 6.67. The zero-order valence-corrected chi connectivity index (χ0v) is 15.7. The molecule has 4 aliphatic rings. The minimum atomic E-state index is -0.736. The second-order valence-corrected chi connectivity index (χ2v) is 8.27. The van der Waals surface area contributed by atoms with E-state index < -0.39 is 11.6 Å². The molecule has 6 rings (SSSR count). The SMILES string of the molecule is CCc1cc(CN2C[C@H](c3cccc(F)c3F)[C@@H]3[C@H]2C2CCN3CC2)[nH]n1. The van der Waals surface area contributed by atoms with Crippen LogP contribution in [0.4, 0.5) is 8.78 Å². The van der Waals surface area contributed by atoms with Gasteiger partial charge in [0.15, 0.2) is 11.6 Å². The van der Waals surface area contributed by atoms with Crippen molar-refractivity contribution in [2.75, 3.05) is 19.6 Å². The van der Waals surface area contributed by atoms with Crippen molar-refractivity contribution in [3.63, 3.8) is 0 Å². The Bertz CT molecular complexity index is 827. The minimum Gasteiger partial charge on any atom is -0.298 e. The van der Waals surface area contributed by atoms with E-state index in [9.17, 15) is 8.78 Å². The normalized spacial score (nSPS) is 32.8. The van der Waals surface area contributed by atoms with Crippen LogP contribution in [0.2, 0.25) is 0 Å². The lowest BCUT2D eigenvalue weighted by atomic mass is 9.75. The molecule has 1 aromatic carbocycles. The van der Waals surface area contributed by atoms with E-state index in [0.717, 1.165) is 44.0 Å². The predicted molar refractivity (Wildman–Crippen MR) is 99.3 cm³/mol. The van der Waals surface area contributed by atoms with Crippen molar-refractivity contribution >= 4 is 0 Å². The number of nitrogens with one attached hydrogen (secondary N) is 1.